The Labute approximate surface area is 296 Å². The van der Waals surface area contributed by atoms with Gasteiger partial charge in [-0.15, -0.1) is 22.7 Å². The highest BCUT2D eigenvalue weighted by Gasteiger charge is 2.26. The van der Waals surface area contributed by atoms with Crippen LogP contribution in [0.4, 0.5) is 9.59 Å². The van der Waals surface area contributed by atoms with E-state index in [9.17, 15) is 14.4 Å². The number of alkyl carbamates (subject to hydrolysis) is 1. The maximum atomic E-state index is 13.7. The normalized spacial score (nSPS) is 12.9. The fourth-order valence-electron chi connectivity index (χ4n) is 5.28. The van der Waals surface area contributed by atoms with E-state index < -0.39 is 12.1 Å². The molecule has 4 amide bonds. The summed E-state index contributed by atoms with van der Waals surface area (Å²) >= 11 is 3.00. The molecule has 4 rings (SSSR count). The minimum atomic E-state index is -0.820. The molecule has 2 heterocycles. The van der Waals surface area contributed by atoms with E-state index in [0.29, 0.717) is 38.1 Å². The third-order valence-corrected chi connectivity index (χ3v) is 9.84. The Bertz CT molecular complexity index is 1570. The quantitative estimate of drug-likeness (QED) is 0.105. The smallest absolute Gasteiger partial charge is 0.407 e. The Morgan fingerprint density at radius 3 is 2.06 bits per heavy atom. The van der Waals surface area contributed by atoms with Crippen LogP contribution in [0.25, 0.3) is 0 Å². The van der Waals surface area contributed by atoms with E-state index in [4.69, 9.17) is 10.5 Å². The van der Waals surface area contributed by atoms with Gasteiger partial charge in [-0.1, -0.05) is 74.5 Å². The van der Waals surface area contributed by atoms with Crippen molar-refractivity contribution in [3.8, 4) is 0 Å². The molecule has 2 aromatic carbocycles. The molecule has 13 heteroatoms. The van der Waals surface area contributed by atoms with Crippen LogP contribution in [0.1, 0.15) is 65.7 Å². The SMILES string of the molecule is CC(C)c1nc(CN(C)C(=O)N[C@@H](CCN)C(=O)N[C@@H](CC[C@@H](Cc2ccccc2)NC(=O)OCc2cncs2)Cc2ccccc2)cs1. The van der Waals surface area contributed by atoms with Crippen LogP contribution in [0.5, 0.6) is 0 Å². The first-order valence-corrected chi connectivity index (χ1v) is 18.3. The van der Waals surface area contributed by atoms with Crippen molar-refractivity contribution in [1.29, 1.82) is 0 Å². The summed E-state index contributed by atoms with van der Waals surface area (Å²) in [6.45, 7) is 4.86. The predicted molar refractivity (Wildman–Crippen MR) is 194 cm³/mol. The fraction of sp³-hybridized carbons (Fsp3) is 0.417. The van der Waals surface area contributed by atoms with Crippen LogP contribution in [0.15, 0.2) is 77.8 Å². The number of thiazole rings is 2. The second kappa shape index (κ2) is 19.6. The van der Waals surface area contributed by atoms with Crippen LogP contribution in [-0.4, -0.2) is 64.6 Å². The van der Waals surface area contributed by atoms with Gasteiger partial charge in [-0.3, -0.25) is 9.78 Å². The standard InChI is InChI=1S/C36H47N7O4S2/c1-25(2)34-40-30(23-48-34)21-43(3)35(45)42-32(16-17-37)33(44)39-28(18-26-10-6-4-7-11-26)14-15-29(19-27-12-8-5-9-13-27)41-36(46)47-22-31-20-38-24-49-31/h4-13,20,23-25,28-29,32H,14-19,21-22,37H2,1-3H3,(H,39,44)(H,41,46)(H,42,45)/t28-,29-,32-/m0/s1. The molecule has 0 aliphatic carbocycles. The number of rotatable bonds is 18. The average molecular weight is 706 g/mol. The first kappa shape index (κ1) is 37.5. The average Bonchev–Trinajstić information content (AvgIpc) is 3.80. The van der Waals surface area contributed by atoms with Crippen LogP contribution >= 0.6 is 22.7 Å². The van der Waals surface area contributed by atoms with Gasteiger partial charge < -0.3 is 31.3 Å². The number of aromatic nitrogens is 2. The number of carbonyl (C=O) groups excluding carboxylic acids is 3. The number of nitrogens with zero attached hydrogens (tertiary/aromatic N) is 3. The van der Waals surface area contributed by atoms with Gasteiger partial charge in [0.25, 0.3) is 0 Å². The second-order valence-corrected chi connectivity index (χ2v) is 14.2. The summed E-state index contributed by atoms with van der Waals surface area (Å²) < 4.78 is 5.48. The highest BCUT2D eigenvalue weighted by atomic mass is 32.1. The van der Waals surface area contributed by atoms with Crippen molar-refractivity contribution in [2.45, 2.75) is 83.1 Å². The van der Waals surface area contributed by atoms with Gasteiger partial charge in [0.1, 0.15) is 12.6 Å². The molecule has 0 saturated carbocycles. The van der Waals surface area contributed by atoms with Crippen molar-refractivity contribution >= 4 is 40.7 Å². The maximum absolute atomic E-state index is 13.7. The van der Waals surface area contributed by atoms with E-state index in [1.807, 2.05) is 66.0 Å². The van der Waals surface area contributed by atoms with Crippen LogP contribution < -0.4 is 21.7 Å². The molecule has 0 radical (unpaired) electrons. The first-order chi connectivity index (χ1) is 23.7. The molecule has 11 nitrogen and oxygen atoms in total. The lowest BCUT2D eigenvalue weighted by Crippen LogP contribution is -2.53. The Morgan fingerprint density at radius 1 is 0.878 bits per heavy atom. The number of carbonyl (C=O) groups is 3. The molecule has 3 atom stereocenters. The zero-order valence-electron chi connectivity index (χ0n) is 28.3. The van der Waals surface area contributed by atoms with Crippen molar-refractivity contribution in [3.63, 3.8) is 0 Å². The molecule has 0 spiro atoms. The topological polar surface area (TPSA) is 152 Å². The van der Waals surface area contributed by atoms with E-state index in [1.54, 1.807) is 30.1 Å². The van der Waals surface area contributed by atoms with Crippen molar-refractivity contribution in [1.82, 2.24) is 30.8 Å². The number of amides is 4. The van der Waals surface area contributed by atoms with Crippen molar-refractivity contribution in [3.05, 3.63) is 104 Å². The minimum Gasteiger partial charge on any atom is -0.444 e. The maximum Gasteiger partial charge on any atom is 0.407 e. The van der Waals surface area contributed by atoms with Gasteiger partial charge in [0, 0.05) is 36.6 Å². The Balaban J connectivity index is 1.42. The number of nitrogens with one attached hydrogen (secondary N) is 3. The molecule has 0 aliphatic heterocycles. The minimum absolute atomic E-state index is 0.146. The summed E-state index contributed by atoms with van der Waals surface area (Å²) in [4.78, 5) is 50.8. The first-order valence-electron chi connectivity index (χ1n) is 16.5. The zero-order chi connectivity index (χ0) is 35.0. The Kier molecular flexibility index (Phi) is 15.0. The number of urea groups is 1. The van der Waals surface area contributed by atoms with E-state index >= 15 is 0 Å². The summed E-state index contributed by atoms with van der Waals surface area (Å²) in [7, 11) is 1.68. The lowest BCUT2D eigenvalue weighted by atomic mass is 9.95. The van der Waals surface area contributed by atoms with Gasteiger partial charge in [-0.2, -0.15) is 0 Å². The molecule has 0 unspecified atom stereocenters. The summed E-state index contributed by atoms with van der Waals surface area (Å²) in [6.07, 6.45) is 3.76. The zero-order valence-corrected chi connectivity index (χ0v) is 30.0. The highest BCUT2D eigenvalue weighted by Crippen LogP contribution is 2.20. The second-order valence-electron chi connectivity index (χ2n) is 12.3. The molecule has 4 aromatic rings. The molecular formula is C36H47N7O4S2. The molecule has 0 fully saturated rings. The van der Waals surface area contributed by atoms with Crippen LogP contribution in [-0.2, 0) is 35.5 Å². The summed E-state index contributed by atoms with van der Waals surface area (Å²) in [5, 5.41) is 12.1. The Morgan fingerprint density at radius 2 is 1.51 bits per heavy atom. The third kappa shape index (κ3) is 12.9. The van der Waals surface area contributed by atoms with Gasteiger partial charge in [0.15, 0.2) is 0 Å². The number of ether oxygens (including phenoxy) is 1. The lowest BCUT2D eigenvalue weighted by molar-refractivity contribution is -0.123. The van der Waals surface area contributed by atoms with Crippen molar-refractivity contribution in [2.75, 3.05) is 13.6 Å². The molecule has 262 valence electrons. The summed E-state index contributed by atoms with van der Waals surface area (Å²) in [5.74, 6) is 0.00663. The van der Waals surface area contributed by atoms with Gasteiger partial charge in [0.2, 0.25) is 5.91 Å². The number of nitrogens with two attached hydrogens (primary N) is 1. The summed E-state index contributed by atoms with van der Waals surface area (Å²) in [5.41, 5.74) is 10.5. The highest BCUT2D eigenvalue weighted by molar-refractivity contribution is 7.09. The van der Waals surface area contributed by atoms with E-state index in [-0.39, 0.29) is 43.6 Å². The predicted octanol–water partition coefficient (Wildman–Crippen LogP) is 5.63. The molecule has 0 bridgehead atoms. The molecule has 49 heavy (non-hydrogen) atoms. The van der Waals surface area contributed by atoms with E-state index in [1.165, 1.54) is 16.2 Å². The van der Waals surface area contributed by atoms with E-state index in [0.717, 1.165) is 26.7 Å². The molecule has 0 aliphatic rings. The van der Waals surface area contributed by atoms with Gasteiger partial charge in [0.05, 0.1) is 27.6 Å². The fourth-order valence-corrected chi connectivity index (χ4v) is 6.61. The molecule has 0 saturated heterocycles. The monoisotopic (exact) mass is 705 g/mol. The molecule has 5 N–H and O–H groups in total. The molecule has 2 aromatic heterocycles. The third-order valence-electron chi connectivity index (χ3n) is 7.89. The lowest BCUT2D eigenvalue weighted by Gasteiger charge is -2.27. The van der Waals surface area contributed by atoms with Crippen LogP contribution in [0.2, 0.25) is 0 Å². The number of hydrogen-bond acceptors (Lipinski definition) is 9. The van der Waals surface area contributed by atoms with Crippen molar-refractivity contribution < 1.29 is 19.1 Å². The number of benzene rings is 2. The van der Waals surface area contributed by atoms with Gasteiger partial charge in [-0.05, 0) is 49.8 Å². The van der Waals surface area contributed by atoms with Crippen LogP contribution in [0, 0.1) is 0 Å². The van der Waals surface area contributed by atoms with Crippen molar-refractivity contribution in [2.24, 2.45) is 5.73 Å². The number of hydrogen-bond donors (Lipinski definition) is 4. The Hall–Kier alpha value is -4.33. The largest absolute Gasteiger partial charge is 0.444 e. The van der Waals surface area contributed by atoms with Crippen LogP contribution in [0.3, 0.4) is 0 Å². The molecular weight excluding hydrogens is 659 g/mol. The van der Waals surface area contributed by atoms with E-state index in [2.05, 4.69) is 39.8 Å². The van der Waals surface area contributed by atoms with Gasteiger partial charge in [-0.25, -0.2) is 14.6 Å². The van der Waals surface area contributed by atoms with Gasteiger partial charge >= 0.3 is 12.1 Å². The summed E-state index contributed by atoms with van der Waals surface area (Å²) in [6, 6.07) is 18.1.